The van der Waals surface area contributed by atoms with Crippen molar-refractivity contribution < 1.29 is 19.2 Å². The second kappa shape index (κ2) is 10.1. The molecule has 10 heteroatoms. The van der Waals surface area contributed by atoms with Crippen LogP contribution in [0.5, 0.6) is 0 Å². The second-order valence-electron chi connectivity index (χ2n) is 8.72. The fourth-order valence-electron chi connectivity index (χ4n) is 4.79. The summed E-state index contributed by atoms with van der Waals surface area (Å²) in [6, 6.07) is -1.46. The number of nitrogens with zero attached hydrogens (tertiary/aromatic N) is 4. The van der Waals surface area contributed by atoms with Crippen molar-refractivity contribution in [1.82, 2.24) is 30.4 Å². The molecule has 1 aromatic rings. The van der Waals surface area contributed by atoms with Gasteiger partial charge in [0.05, 0.1) is 12.7 Å². The van der Waals surface area contributed by atoms with Crippen LogP contribution in [0.1, 0.15) is 55.4 Å². The molecule has 4 rings (SSSR count). The molecule has 2 saturated heterocycles. The Labute approximate surface area is 187 Å². The van der Waals surface area contributed by atoms with E-state index < -0.39 is 18.0 Å². The SMILES string of the molecule is O=C1NCCC[C@@H]1NC(=O)[C@H]1CN(C(=O)c2cnccn2)CCN1C(=O)C1CCCCC1. The highest BCUT2D eigenvalue weighted by atomic mass is 16.2. The van der Waals surface area contributed by atoms with Crippen molar-refractivity contribution in [2.45, 2.75) is 57.0 Å². The maximum atomic E-state index is 13.3. The standard InChI is InChI=1S/C22H30N6O4/c29-19-16(7-4-8-25-19)26-20(30)18-14-27(22(32)17-13-23-9-10-24-17)11-12-28(18)21(31)15-5-2-1-3-6-15/h9-10,13,15-16,18H,1-8,11-12,14H2,(H,25,29)(H,26,30)/t16-,18+/m0/s1. The van der Waals surface area contributed by atoms with Gasteiger partial charge in [-0.2, -0.15) is 0 Å². The van der Waals surface area contributed by atoms with Gasteiger partial charge in [-0.25, -0.2) is 4.98 Å². The van der Waals surface area contributed by atoms with E-state index in [0.29, 0.717) is 19.5 Å². The number of piperazine rings is 1. The number of aromatic nitrogens is 2. The molecular weight excluding hydrogens is 412 g/mol. The summed E-state index contributed by atoms with van der Waals surface area (Å²) >= 11 is 0. The van der Waals surface area contributed by atoms with Crippen molar-refractivity contribution in [2.24, 2.45) is 5.92 Å². The Morgan fingerprint density at radius 3 is 2.56 bits per heavy atom. The van der Waals surface area contributed by atoms with Crippen LogP contribution in [0.25, 0.3) is 0 Å². The zero-order valence-corrected chi connectivity index (χ0v) is 18.2. The Kier molecular flexibility index (Phi) is 6.96. The molecule has 2 atom stereocenters. The molecule has 0 unspecified atom stereocenters. The summed E-state index contributed by atoms with van der Waals surface area (Å²) in [6.07, 6.45) is 10.5. The number of amides is 4. The number of nitrogens with one attached hydrogen (secondary N) is 2. The molecule has 0 spiro atoms. The summed E-state index contributed by atoms with van der Waals surface area (Å²) in [6.45, 7) is 1.26. The maximum Gasteiger partial charge on any atom is 0.274 e. The zero-order valence-electron chi connectivity index (χ0n) is 18.2. The van der Waals surface area contributed by atoms with E-state index >= 15 is 0 Å². The smallest absolute Gasteiger partial charge is 0.274 e. The first-order chi connectivity index (χ1) is 15.5. The molecule has 3 fully saturated rings. The van der Waals surface area contributed by atoms with Crippen molar-refractivity contribution in [2.75, 3.05) is 26.2 Å². The Morgan fingerprint density at radius 1 is 1.03 bits per heavy atom. The number of carbonyl (C=O) groups excluding carboxylic acids is 4. The van der Waals surface area contributed by atoms with E-state index in [1.54, 1.807) is 9.80 Å². The molecule has 1 saturated carbocycles. The molecule has 2 aliphatic heterocycles. The first kappa shape index (κ1) is 22.2. The van der Waals surface area contributed by atoms with E-state index in [1.165, 1.54) is 18.6 Å². The lowest BCUT2D eigenvalue weighted by Crippen LogP contribution is -2.64. The summed E-state index contributed by atoms with van der Waals surface area (Å²) in [5.74, 6) is -1.04. The summed E-state index contributed by atoms with van der Waals surface area (Å²) in [5.41, 5.74) is 0.199. The average Bonchev–Trinajstić information content (AvgIpc) is 2.85. The van der Waals surface area contributed by atoms with Crippen molar-refractivity contribution in [3.05, 3.63) is 24.3 Å². The van der Waals surface area contributed by atoms with Gasteiger partial charge in [-0.3, -0.25) is 24.2 Å². The molecule has 3 heterocycles. The third kappa shape index (κ3) is 4.89. The lowest BCUT2D eigenvalue weighted by Gasteiger charge is -2.42. The normalized spacial score (nSPS) is 24.6. The van der Waals surface area contributed by atoms with Crippen molar-refractivity contribution in [3.8, 4) is 0 Å². The van der Waals surface area contributed by atoms with Gasteiger partial charge >= 0.3 is 0 Å². The van der Waals surface area contributed by atoms with Gasteiger partial charge in [0.25, 0.3) is 5.91 Å². The highest BCUT2D eigenvalue weighted by Gasteiger charge is 2.41. The first-order valence-electron chi connectivity index (χ1n) is 11.5. The van der Waals surface area contributed by atoms with E-state index in [4.69, 9.17) is 0 Å². The summed E-state index contributed by atoms with van der Waals surface area (Å²) in [4.78, 5) is 62.8. The van der Waals surface area contributed by atoms with Crippen LogP contribution in [0.15, 0.2) is 18.6 Å². The minimum absolute atomic E-state index is 0.0236. The van der Waals surface area contributed by atoms with E-state index in [0.717, 1.165) is 38.5 Å². The monoisotopic (exact) mass is 442 g/mol. The molecule has 1 aliphatic carbocycles. The lowest BCUT2D eigenvalue weighted by atomic mass is 9.87. The number of rotatable bonds is 4. The van der Waals surface area contributed by atoms with Gasteiger partial charge in [0.2, 0.25) is 17.7 Å². The number of carbonyl (C=O) groups is 4. The van der Waals surface area contributed by atoms with Crippen LogP contribution in [-0.4, -0.2) is 81.7 Å². The molecule has 32 heavy (non-hydrogen) atoms. The molecule has 10 nitrogen and oxygen atoms in total. The third-order valence-electron chi connectivity index (χ3n) is 6.59. The summed E-state index contributed by atoms with van der Waals surface area (Å²) < 4.78 is 0. The van der Waals surface area contributed by atoms with E-state index in [-0.39, 0.29) is 42.4 Å². The molecule has 1 aromatic heterocycles. The Morgan fingerprint density at radius 2 is 1.84 bits per heavy atom. The topological polar surface area (TPSA) is 125 Å². The number of hydrogen-bond donors (Lipinski definition) is 2. The van der Waals surface area contributed by atoms with Crippen molar-refractivity contribution in [3.63, 3.8) is 0 Å². The van der Waals surface area contributed by atoms with Crippen LogP contribution < -0.4 is 10.6 Å². The second-order valence-corrected chi connectivity index (χ2v) is 8.72. The molecule has 4 amide bonds. The minimum atomic E-state index is -0.839. The third-order valence-corrected chi connectivity index (χ3v) is 6.59. The fourth-order valence-corrected chi connectivity index (χ4v) is 4.79. The van der Waals surface area contributed by atoms with Crippen molar-refractivity contribution >= 4 is 23.6 Å². The predicted molar refractivity (Wildman–Crippen MR) is 114 cm³/mol. The average molecular weight is 443 g/mol. The molecule has 0 radical (unpaired) electrons. The Bertz CT molecular complexity index is 857. The Balaban J connectivity index is 1.51. The van der Waals surface area contributed by atoms with E-state index in [1.807, 2.05) is 0 Å². The van der Waals surface area contributed by atoms with Crippen molar-refractivity contribution in [1.29, 1.82) is 0 Å². The van der Waals surface area contributed by atoms with Crippen LogP contribution in [0, 0.1) is 5.92 Å². The predicted octanol–water partition coefficient (Wildman–Crippen LogP) is 0.105. The summed E-state index contributed by atoms with van der Waals surface area (Å²) in [7, 11) is 0. The Hall–Kier alpha value is -3.04. The van der Waals surface area contributed by atoms with Gasteiger partial charge < -0.3 is 20.4 Å². The molecule has 0 aromatic carbocycles. The first-order valence-corrected chi connectivity index (χ1v) is 11.5. The van der Waals surface area contributed by atoms with Gasteiger partial charge in [0, 0.05) is 37.9 Å². The van der Waals surface area contributed by atoms with Gasteiger partial charge in [0.15, 0.2) is 0 Å². The van der Waals surface area contributed by atoms with Gasteiger partial charge in [-0.05, 0) is 25.7 Å². The molecule has 3 aliphatic rings. The fraction of sp³-hybridized carbons (Fsp3) is 0.636. The molecule has 172 valence electrons. The molecular formula is C22H30N6O4. The van der Waals surface area contributed by atoms with Crippen LogP contribution in [0.4, 0.5) is 0 Å². The summed E-state index contributed by atoms with van der Waals surface area (Å²) in [5, 5.41) is 5.58. The molecule has 0 bridgehead atoms. The van der Waals surface area contributed by atoms with Crippen LogP contribution in [0.3, 0.4) is 0 Å². The van der Waals surface area contributed by atoms with Gasteiger partial charge in [-0.15, -0.1) is 0 Å². The number of piperidine rings is 1. The maximum absolute atomic E-state index is 13.3. The largest absolute Gasteiger partial charge is 0.354 e. The molecule has 2 N–H and O–H groups in total. The number of hydrogen-bond acceptors (Lipinski definition) is 6. The lowest BCUT2D eigenvalue weighted by molar-refractivity contribution is -0.148. The van der Waals surface area contributed by atoms with Gasteiger partial charge in [-0.1, -0.05) is 19.3 Å². The highest BCUT2D eigenvalue weighted by Crippen LogP contribution is 2.27. The van der Waals surface area contributed by atoms with E-state index in [2.05, 4.69) is 20.6 Å². The quantitative estimate of drug-likeness (QED) is 0.682. The van der Waals surface area contributed by atoms with E-state index in [9.17, 15) is 19.2 Å². The zero-order chi connectivity index (χ0) is 22.5. The van der Waals surface area contributed by atoms with Crippen LogP contribution >= 0.6 is 0 Å². The highest BCUT2D eigenvalue weighted by molar-refractivity contribution is 5.95. The minimum Gasteiger partial charge on any atom is -0.354 e. The van der Waals surface area contributed by atoms with Crippen LogP contribution in [-0.2, 0) is 14.4 Å². The van der Waals surface area contributed by atoms with Gasteiger partial charge in [0.1, 0.15) is 17.8 Å². The van der Waals surface area contributed by atoms with Crippen LogP contribution in [0.2, 0.25) is 0 Å².